The number of imidazole rings is 1. The Hall–Kier alpha value is -2.28. The average molecular weight is 314 g/mol. The van der Waals surface area contributed by atoms with Crippen LogP contribution in [0.1, 0.15) is 40.8 Å². The number of amides is 1. The van der Waals surface area contributed by atoms with Crippen LogP contribution in [0, 0.1) is 13.8 Å². The number of hydrogen-bond acceptors (Lipinski definition) is 5. The highest BCUT2D eigenvalue weighted by atomic mass is 16.2. The molecule has 0 radical (unpaired) electrons. The first-order chi connectivity index (χ1) is 11.1. The van der Waals surface area contributed by atoms with Gasteiger partial charge in [0.25, 0.3) is 5.91 Å². The van der Waals surface area contributed by atoms with Gasteiger partial charge in [0, 0.05) is 37.7 Å². The summed E-state index contributed by atoms with van der Waals surface area (Å²) < 4.78 is 0. The van der Waals surface area contributed by atoms with E-state index in [1.54, 1.807) is 12.3 Å². The Bertz CT molecular complexity index is 664. The smallest absolute Gasteiger partial charge is 0.272 e. The molecule has 1 N–H and O–H groups in total. The molecule has 0 bridgehead atoms. The maximum Gasteiger partial charge on any atom is 0.272 e. The first kappa shape index (κ1) is 15.6. The van der Waals surface area contributed by atoms with Crippen LogP contribution >= 0.6 is 0 Å². The van der Waals surface area contributed by atoms with Crippen LogP contribution in [-0.4, -0.2) is 61.8 Å². The molecule has 0 unspecified atom stereocenters. The number of H-pyrrole nitrogens is 1. The third-order valence-corrected chi connectivity index (χ3v) is 4.20. The number of aromatic amines is 1. The van der Waals surface area contributed by atoms with Gasteiger partial charge >= 0.3 is 0 Å². The summed E-state index contributed by atoms with van der Waals surface area (Å²) in [5, 5.41) is 0. The zero-order chi connectivity index (χ0) is 16.4. The summed E-state index contributed by atoms with van der Waals surface area (Å²) in [4.78, 5) is 33.1. The van der Waals surface area contributed by atoms with Gasteiger partial charge in [-0.1, -0.05) is 6.92 Å². The molecular formula is C16H22N6O. The Morgan fingerprint density at radius 1 is 1.35 bits per heavy atom. The topological polar surface area (TPSA) is 78.0 Å². The fourth-order valence-electron chi connectivity index (χ4n) is 3.09. The molecule has 122 valence electrons. The van der Waals surface area contributed by atoms with Crippen molar-refractivity contribution in [3.05, 3.63) is 41.5 Å². The second kappa shape index (κ2) is 6.45. The van der Waals surface area contributed by atoms with Crippen molar-refractivity contribution in [2.24, 2.45) is 0 Å². The second-order valence-electron chi connectivity index (χ2n) is 5.81. The van der Waals surface area contributed by atoms with Crippen molar-refractivity contribution in [3.8, 4) is 0 Å². The summed E-state index contributed by atoms with van der Waals surface area (Å²) >= 11 is 0. The van der Waals surface area contributed by atoms with E-state index in [4.69, 9.17) is 0 Å². The molecule has 3 heterocycles. The van der Waals surface area contributed by atoms with Gasteiger partial charge in [0.1, 0.15) is 17.3 Å². The van der Waals surface area contributed by atoms with Crippen molar-refractivity contribution in [3.63, 3.8) is 0 Å². The quantitative estimate of drug-likeness (QED) is 0.925. The number of aromatic nitrogens is 4. The average Bonchev–Trinajstić information content (AvgIpc) is 3.07. The van der Waals surface area contributed by atoms with Crippen molar-refractivity contribution in [2.45, 2.75) is 26.8 Å². The molecule has 7 nitrogen and oxygen atoms in total. The van der Waals surface area contributed by atoms with Gasteiger partial charge in [-0.25, -0.2) is 15.0 Å². The van der Waals surface area contributed by atoms with Crippen molar-refractivity contribution in [1.82, 2.24) is 29.7 Å². The summed E-state index contributed by atoms with van der Waals surface area (Å²) in [7, 11) is 0. The molecule has 1 fully saturated rings. The van der Waals surface area contributed by atoms with E-state index in [1.807, 2.05) is 24.9 Å². The largest absolute Gasteiger partial charge is 0.347 e. The number of carbonyl (C=O) groups is 1. The van der Waals surface area contributed by atoms with Gasteiger partial charge in [0.05, 0.1) is 6.04 Å². The van der Waals surface area contributed by atoms with Crippen LogP contribution in [0.15, 0.2) is 18.5 Å². The molecule has 2 aromatic rings. The van der Waals surface area contributed by atoms with E-state index in [-0.39, 0.29) is 11.9 Å². The summed E-state index contributed by atoms with van der Waals surface area (Å²) in [5.74, 6) is 1.49. The minimum Gasteiger partial charge on any atom is -0.347 e. The summed E-state index contributed by atoms with van der Waals surface area (Å²) in [6.07, 6.45) is 3.57. The molecule has 23 heavy (non-hydrogen) atoms. The lowest BCUT2D eigenvalue weighted by atomic mass is 10.1. The number of piperazine rings is 1. The Kier molecular flexibility index (Phi) is 4.38. The molecule has 0 aromatic carbocycles. The Balaban J connectivity index is 1.82. The van der Waals surface area contributed by atoms with Crippen molar-refractivity contribution < 1.29 is 4.79 Å². The highest BCUT2D eigenvalue weighted by Crippen LogP contribution is 2.23. The summed E-state index contributed by atoms with van der Waals surface area (Å²) in [5.41, 5.74) is 1.29. The molecule has 1 aliphatic heterocycles. The summed E-state index contributed by atoms with van der Waals surface area (Å²) in [6, 6.07) is 1.85. The molecule has 0 saturated carbocycles. The number of nitrogens with zero attached hydrogens (tertiary/aromatic N) is 5. The van der Waals surface area contributed by atoms with Gasteiger partial charge < -0.3 is 9.88 Å². The highest BCUT2D eigenvalue weighted by Gasteiger charge is 2.32. The molecule has 1 amide bonds. The molecule has 0 aliphatic carbocycles. The fourth-order valence-corrected chi connectivity index (χ4v) is 3.09. The first-order valence-corrected chi connectivity index (χ1v) is 7.93. The SMILES string of the molecule is CCN1CCN(C(=O)c2cc(C)nc(C)n2)C[C@@H]1c1ncc[nH]1. The normalized spacial score (nSPS) is 19.1. The van der Waals surface area contributed by atoms with Crippen molar-refractivity contribution in [2.75, 3.05) is 26.2 Å². The number of likely N-dealkylation sites (N-methyl/N-ethyl adjacent to an activating group) is 1. The number of nitrogens with one attached hydrogen (secondary N) is 1. The van der Waals surface area contributed by atoms with Gasteiger partial charge in [-0.2, -0.15) is 0 Å². The monoisotopic (exact) mass is 314 g/mol. The lowest BCUT2D eigenvalue weighted by molar-refractivity contribution is 0.0474. The van der Waals surface area contributed by atoms with E-state index in [1.165, 1.54) is 0 Å². The van der Waals surface area contributed by atoms with Crippen LogP contribution in [0.25, 0.3) is 0 Å². The number of carbonyl (C=O) groups excluding carboxylic acids is 1. The molecule has 0 spiro atoms. The van der Waals surface area contributed by atoms with E-state index in [0.29, 0.717) is 24.6 Å². The van der Waals surface area contributed by atoms with Crippen LogP contribution < -0.4 is 0 Å². The van der Waals surface area contributed by atoms with E-state index in [0.717, 1.165) is 24.6 Å². The van der Waals surface area contributed by atoms with Crippen molar-refractivity contribution in [1.29, 1.82) is 0 Å². The van der Waals surface area contributed by atoms with Crippen LogP contribution in [0.5, 0.6) is 0 Å². The Labute approximate surface area is 135 Å². The van der Waals surface area contributed by atoms with E-state index in [2.05, 4.69) is 31.8 Å². The van der Waals surface area contributed by atoms with E-state index < -0.39 is 0 Å². The molecule has 1 atom stereocenters. The standard InChI is InChI=1S/C16H22N6O/c1-4-21-7-8-22(10-14(21)15-17-5-6-18-15)16(23)13-9-11(2)19-12(3)20-13/h5-6,9,14H,4,7-8,10H2,1-3H3,(H,17,18)/t14-/m1/s1. The number of rotatable bonds is 3. The molecule has 1 aliphatic rings. The third-order valence-electron chi connectivity index (χ3n) is 4.20. The highest BCUT2D eigenvalue weighted by molar-refractivity contribution is 5.92. The van der Waals surface area contributed by atoms with Crippen LogP contribution in [0.3, 0.4) is 0 Å². The minimum absolute atomic E-state index is 0.0362. The fraction of sp³-hybridized carbons (Fsp3) is 0.500. The zero-order valence-electron chi connectivity index (χ0n) is 13.8. The van der Waals surface area contributed by atoms with Crippen LogP contribution in [-0.2, 0) is 0 Å². The lowest BCUT2D eigenvalue weighted by Gasteiger charge is -2.39. The third kappa shape index (κ3) is 3.24. The van der Waals surface area contributed by atoms with Gasteiger partial charge in [-0.15, -0.1) is 0 Å². The Morgan fingerprint density at radius 3 is 2.83 bits per heavy atom. The molecule has 7 heteroatoms. The van der Waals surface area contributed by atoms with Crippen LogP contribution in [0.2, 0.25) is 0 Å². The zero-order valence-corrected chi connectivity index (χ0v) is 13.8. The lowest BCUT2D eigenvalue weighted by Crippen LogP contribution is -2.50. The van der Waals surface area contributed by atoms with Gasteiger partial charge in [0.2, 0.25) is 0 Å². The Morgan fingerprint density at radius 2 is 2.17 bits per heavy atom. The predicted molar refractivity (Wildman–Crippen MR) is 86.0 cm³/mol. The maximum absolute atomic E-state index is 12.8. The predicted octanol–water partition coefficient (Wildman–Crippen LogP) is 1.34. The minimum atomic E-state index is -0.0362. The van der Waals surface area contributed by atoms with Crippen LogP contribution in [0.4, 0.5) is 0 Å². The van der Waals surface area contributed by atoms with Crippen molar-refractivity contribution >= 4 is 5.91 Å². The molecule has 3 rings (SSSR count). The second-order valence-corrected chi connectivity index (χ2v) is 5.81. The maximum atomic E-state index is 12.8. The molecule has 2 aromatic heterocycles. The van der Waals surface area contributed by atoms with Gasteiger partial charge in [0.15, 0.2) is 0 Å². The van der Waals surface area contributed by atoms with Gasteiger partial charge in [-0.3, -0.25) is 9.69 Å². The van der Waals surface area contributed by atoms with E-state index in [9.17, 15) is 4.79 Å². The van der Waals surface area contributed by atoms with Gasteiger partial charge in [-0.05, 0) is 26.5 Å². The summed E-state index contributed by atoms with van der Waals surface area (Å²) in [6.45, 7) is 8.89. The first-order valence-electron chi connectivity index (χ1n) is 7.93. The molecule has 1 saturated heterocycles. The van der Waals surface area contributed by atoms with E-state index >= 15 is 0 Å². The molecular weight excluding hydrogens is 292 g/mol. The number of aryl methyl sites for hydroxylation is 2. The number of hydrogen-bond donors (Lipinski definition) is 1.